The summed E-state index contributed by atoms with van der Waals surface area (Å²) >= 11 is 0. The second-order valence-corrected chi connectivity index (χ2v) is 5.81. The minimum Gasteiger partial charge on any atom is -0.330 e. The molecular formula is C13H23N3. The molecule has 0 amide bonds. The number of rotatable bonds is 3. The lowest BCUT2D eigenvalue weighted by atomic mass is 9.82. The molecule has 1 aliphatic carbocycles. The Bertz CT molecular complexity index is 356. The van der Waals surface area contributed by atoms with Crippen molar-refractivity contribution in [3.63, 3.8) is 0 Å². The Morgan fingerprint density at radius 1 is 1.44 bits per heavy atom. The first kappa shape index (κ1) is 11.6. The summed E-state index contributed by atoms with van der Waals surface area (Å²) in [5.74, 6) is 0.734. The van der Waals surface area contributed by atoms with Gasteiger partial charge in [0.15, 0.2) is 0 Å². The molecule has 16 heavy (non-hydrogen) atoms. The second kappa shape index (κ2) is 4.21. The summed E-state index contributed by atoms with van der Waals surface area (Å²) in [5.41, 5.74) is 8.25. The highest BCUT2D eigenvalue weighted by atomic mass is 15.3. The zero-order chi connectivity index (χ0) is 11.8. The number of hydrogen-bond acceptors (Lipinski definition) is 2. The van der Waals surface area contributed by atoms with Gasteiger partial charge < -0.3 is 5.73 Å². The molecule has 1 saturated carbocycles. The lowest BCUT2D eigenvalue weighted by molar-refractivity contribution is 0.306. The lowest BCUT2D eigenvalue weighted by Gasteiger charge is -2.30. The van der Waals surface area contributed by atoms with E-state index in [2.05, 4.69) is 31.5 Å². The van der Waals surface area contributed by atoms with Gasteiger partial charge in [0.25, 0.3) is 0 Å². The molecule has 1 aliphatic rings. The Balaban J connectivity index is 2.32. The van der Waals surface area contributed by atoms with Crippen molar-refractivity contribution in [1.82, 2.24) is 9.78 Å². The molecule has 1 aromatic heterocycles. The average molecular weight is 221 g/mol. The van der Waals surface area contributed by atoms with Gasteiger partial charge in [-0.15, -0.1) is 0 Å². The van der Waals surface area contributed by atoms with E-state index in [1.54, 1.807) is 0 Å². The monoisotopic (exact) mass is 221 g/mol. The molecule has 0 bridgehead atoms. The molecule has 2 rings (SSSR count). The Kier molecular flexibility index (Phi) is 3.06. The van der Waals surface area contributed by atoms with E-state index in [9.17, 15) is 0 Å². The van der Waals surface area contributed by atoms with Crippen molar-refractivity contribution in [2.24, 2.45) is 5.73 Å². The van der Waals surface area contributed by atoms with Crippen LogP contribution in [-0.4, -0.2) is 16.3 Å². The van der Waals surface area contributed by atoms with Crippen molar-refractivity contribution in [1.29, 1.82) is 0 Å². The Hall–Kier alpha value is -0.830. The number of hydrogen-bond donors (Lipinski definition) is 1. The molecule has 3 heteroatoms. The van der Waals surface area contributed by atoms with Crippen LogP contribution < -0.4 is 5.73 Å². The minimum absolute atomic E-state index is 0.0811. The van der Waals surface area contributed by atoms with Crippen LogP contribution in [-0.2, 0) is 12.0 Å². The summed E-state index contributed by atoms with van der Waals surface area (Å²) in [6.07, 6.45) is 4.91. The number of nitrogens with two attached hydrogens (primary N) is 1. The highest BCUT2D eigenvalue weighted by molar-refractivity contribution is 5.18. The molecule has 1 fully saturated rings. The Labute approximate surface area is 98.0 Å². The van der Waals surface area contributed by atoms with Crippen molar-refractivity contribution in [3.05, 3.63) is 17.5 Å². The summed E-state index contributed by atoms with van der Waals surface area (Å²) in [5, 5.41) is 4.71. The number of nitrogens with zero attached hydrogens (tertiary/aromatic N) is 2. The predicted molar refractivity (Wildman–Crippen MR) is 66.6 cm³/mol. The van der Waals surface area contributed by atoms with Gasteiger partial charge in [0.1, 0.15) is 0 Å². The van der Waals surface area contributed by atoms with Crippen molar-refractivity contribution < 1.29 is 0 Å². The van der Waals surface area contributed by atoms with Crippen molar-refractivity contribution in [3.8, 4) is 0 Å². The highest BCUT2D eigenvalue weighted by Gasteiger charge is 2.28. The van der Waals surface area contributed by atoms with E-state index in [-0.39, 0.29) is 5.54 Å². The average Bonchev–Trinajstić information content (AvgIpc) is 2.45. The fourth-order valence-corrected chi connectivity index (χ4v) is 2.25. The van der Waals surface area contributed by atoms with Gasteiger partial charge in [-0.1, -0.05) is 6.42 Å². The third-order valence-corrected chi connectivity index (χ3v) is 3.35. The lowest BCUT2D eigenvalue weighted by Crippen LogP contribution is -2.28. The van der Waals surface area contributed by atoms with Gasteiger partial charge in [-0.25, -0.2) is 0 Å². The van der Waals surface area contributed by atoms with Gasteiger partial charge in [-0.05, 0) is 46.2 Å². The molecule has 90 valence electrons. The van der Waals surface area contributed by atoms with Crippen LogP contribution in [0.15, 0.2) is 6.07 Å². The topological polar surface area (TPSA) is 43.8 Å². The first-order valence-corrected chi connectivity index (χ1v) is 6.32. The van der Waals surface area contributed by atoms with E-state index in [0.29, 0.717) is 6.54 Å². The largest absolute Gasteiger partial charge is 0.330 e. The predicted octanol–water partition coefficient (Wildman–Crippen LogP) is 2.41. The van der Waals surface area contributed by atoms with Gasteiger partial charge >= 0.3 is 0 Å². The molecule has 2 N–H and O–H groups in total. The summed E-state index contributed by atoms with van der Waals surface area (Å²) in [6.45, 7) is 7.34. The quantitative estimate of drug-likeness (QED) is 0.851. The molecule has 0 unspecified atom stereocenters. The molecule has 1 aromatic rings. The second-order valence-electron chi connectivity index (χ2n) is 5.81. The van der Waals surface area contributed by atoms with Crippen molar-refractivity contribution in [2.75, 3.05) is 6.54 Å². The van der Waals surface area contributed by atoms with Crippen LogP contribution in [0.3, 0.4) is 0 Å². The zero-order valence-electron chi connectivity index (χ0n) is 10.7. The van der Waals surface area contributed by atoms with Crippen LogP contribution in [0.5, 0.6) is 0 Å². The maximum atomic E-state index is 5.60. The number of aromatic nitrogens is 2. The first-order valence-electron chi connectivity index (χ1n) is 6.32. The van der Waals surface area contributed by atoms with E-state index >= 15 is 0 Å². The first-order chi connectivity index (χ1) is 7.52. The fourth-order valence-electron chi connectivity index (χ4n) is 2.25. The van der Waals surface area contributed by atoms with Gasteiger partial charge in [0.05, 0.1) is 11.2 Å². The highest BCUT2D eigenvalue weighted by Crippen LogP contribution is 2.38. The van der Waals surface area contributed by atoms with Gasteiger partial charge in [-0.3, -0.25) is 4.68 Å². The van der Waals surface area contributed by atoms with Gasteiger partial charge in [0, 0.05) is 18.0 Å². The van der Waals surface area contributed by atoms with Crippen LogP contribution >= 0.6 is 0 Å². The summed E-state index contributed by atoms with van der Waals surface area (Å²) in [4.78, 5) is 0. The van der Waals surface area contributed by atoms with Crippen LogP contribution in [0.4, 0.5) is 0 Å². The Morgan fingerprint density at radius 3 is 2.56 bits per heavy atom. The van der Waals surface area contributed by atoms with E-state index < -0.39 is 0 Å². The summed E-state index contributed by atoms with van der Waals surface area (Å²) < 4.78 is 2.21. The van der Waals surface area contributed by atoms with Gasteiger partial charge in [0.2, 0.25) is 0 Å². The van der Waals surface area contributed by atoms with Crippen LogP contribution in [0, 0.1) is 0 Å². The van der Waals surface area contributed by atoms with E-state index in [1.807, 2.05) is 0 Å². The third-order valence-electron chi connectivity index (χ3n) is 3.35. The van der Waals surface area contributed by atoms with E-state index in [1.165, 1.54) is 25.0 Å². The third kappa shape index (κ3) is 2.14. The molecular weight excluding hydrogens is 198 g/mol. The van der Waals surface area contributed by atoms with Gasteiger partial charge in [-0.2, -0.15) is 5.10 Å². The SMILES string of the molecule is CC(C)(C)n1nc(CCN)cc1C1CCC1. The van der Waals surface area contributed by atoms with Crippen molar-refractivity contribution >= 4 is 0 Å². The van der Waals surface area contributed by atoms with E-state index in [0.717, 1.165) is 18.0 Å². The zero-order valence-corrected chi connectivity index (χ0v) is 10.7. The van der Waals surface area contributed by atoms with Crippen LogP contribution in [0.25, 0.3) is 0 Å². The van der Waals surface area contributed by atoms with E-state index in [4.69, 9.17) is 10.8 Å². The molecule has 0 saturated heterocycles. The van der Waals surface area contributed by atoms with Crippen LogP contribution in [0.2, 0.25) is 0 Å². The smallest absolute Gasteiger partial charge is 0.0640 e. The summed E-state index contributed by atoms with van der Waals surface area (Å²) in [7, 11) is 0. The Morgan fingerprint density at radius 2 is 2.12 bits per heavy atom. The molecule has 3 nitrogen and oxygen atoms in total. The summed E-state index contributed by atoms with van der Waals surface area (Å²) in [6, 6.07) is 2.27. The van der Waals surface area contributed by atoms with Crippen molar-refractivity contribution in [2.45, 2.75) is 57.9 Å². The maximum absolute atomic E-state index is 5.60. The maximum Gasteiger partial charge on any atom is 0.0640 e. The fraction of sp³-hybridized carbons (Fsp3) is 0.769. The molecule has 0 spiro atoms. The standard InChI is InChI=1S/C13H23N3/c1-13(2,3)16-12(10-5-4-6-10)9-11(15-16)7-8-14/h9-10H,4-8,14H2,1-3H3. The minimum atomic E-state index is 0.0811. The molecule has 0 aliphatic heterocycles. The molecule has 1 heterocycles. The molecule has 0 aromatic carbocycles. The molecule has 0 atom stereocenters. The molecule has 0 radical (unpaired) electrons. The van der Waals surface area contributed by atoms with Crippen LogP contribution in [0.1, 0.15) is 57.3 Å². The normalized spacial score (nSPS) is 17.5.